The summed E-state index contributed by atoms with van der Waals surface area (Å²) >= 11 is 0. The van der Waals surface area contributed by atoms with E-state index in [1.807, 2.05) is 24.3 Å². The zero-order chi connectivity index (χ0) is 16.2. The highest BCUT2D eigenvalue weighted by Gasteiger charge is 2.24. The van der Waals surface area contributed by atoms with Gasteiger partial charge in [0.2, 0.25) is 0 Å². The molecule has 5 heteroatoms. The highest BCUT2D eigenvalue weighted by atomic mass is 16.5. The van der Waals surface area contributed by atoms with Gasteiger partial charge in [0.15, 0.2) is 6.61 Å². The van der Waals surface area contributed by atoms with E-state index in [9.17, 15) is 9.59 Å². The molecule has 1 aliphatic heterocycles. The van der Waals surface area contributed by atoms with Gasteiger partial charge >= 0.3 is 5.97 Å². The summed E-state index contributed by atoms with van der Waals surface area (Å²) in [6, 6.07) is 14.6. The number of esters is 1. The Morgan fingerprint density at radius 3 is 2.65 bits per heavy atom. The molecule has 0 N–H and O–H groups in total. The number of carbonyl (C=O) groups is 2. The van der Waals surface area contributed by atoms with E-state index in [1.54, 1.807) is 29.2 Å². The molecule has 0 radical (unpaired) electrons. The van der Waals surface area contributed by atoms with Crippen molar-refractivity contribution in [1.29, 1.82) is 0 Å². The third-order valence-electron chi connectivity index (χ3n) is 3.83. The molecule has 0 aliphatic carbocycles. The van der Waals surface area contributed by atoms with Crippen molar-refractivity contribution in [3.05, 3.63) is 59.7 Å². The number of rotatable bonds is 4. The molecule has 0 spiro atoms. The number of carbonyl (C=O) groups excluding carboxylic acids is 2. The van der Waals surface area contributed by atoms with Crippen molar-refractivity contribution in [2.75, 3.05) is 25.2 Å². The van der Waals surface area contributed by atoms with Crippen LogP contribution in [-0.2, 0) is 16.0 Å². The third kappa shape index (κ3) is 3.04. The molecule has 0 unspecified atom stereocenters. The average molecular weight is 311 g/mol. The normalized spacial score (nSPS) is 12.7. The predicted octanol–water partition coefficient (Wildman–Crippen LogP) is 2.44. The Hall–Kier alpha value is -2.82. The number of hydrogen-bond acceptors (Lipinski definition) is 4. The van der Waals surface area contributed by atoms with E-state index < -0.39 is 5.97 Å². The fourth-order valence-electron chi connectivity index (χ4n) is 2.69. The van der Waals surface area contributed by atoms with Gasteiger partial charge in [-0.1, -0.05) is 30.3 Å². The number of methoxy groups -OCH3 is 1. The van der Waals surface area contributed by atoms with E-state index in [4.69, 9.17) is 9.47 Å². The Labute approximate surface area is 134 Å². The van der Waals surface area contributed by atoms with Crippen LogP contribution in [0.2, 0.25) is 0 Å². The minimum Gasteiger partial charge on any atom is -0.483 e. The summed E-state index contributed by atoms with van der Waals surface area (Å²) in [5.41, 5.74) is 2.41. The van der Waals surface area contributed by atoms with Gasteiger partial charge in [-0.05, 0) is 30.2 Å². The van der Waals surface area contributed by atoms with Gasteiger partial charge in [-0.2, -0.15) is 0 Å². The molecule has 1 heterocycles. The quantitative estimate of drug-likeness (QED) is 0.814. The molecule has 0 aromatic heterocycles. The van der Waals surface area contributed by atoms with Crippen LogP contribution < -0.4 is 9.64 Å². The molecule has 1 aliphatic rings. The topological polar surface area (TPSA) is 55.8 Å². The summed E-state index contributed by atoms with van der Waals surface area (Å²) in [5.74, 6) is -0.269. The zero-order valence-electron chi connectivity index (χ0n) is 12.8. The average Bonchev–Trinajstić information content (AvgIpc) is 3.03. The number of anilines is 1. The van der Waals surface area contributed by atoms with E-state index in [-0.39, 0.29) is 12.5 Å². The molecule has 2 aromatic rings. The Morgan fingerprint density at radius 1 is 1.09 bits per heavy atom. The molecule has 0 bridgehead atoms. The van der Waals surface area contributed by atoms with Crippen molar-refractivity contribution in [1.82, 2.24) is 0 Å². The lowest BCUT2D eigenvalue weighted by atomic mass is 10.2. The molecule has 0 atom stereocenters. The van der Waals surface area contributed by atoms with Crippen LogP contribution in [0.15, 0.2) is 48.5 Å². The maximum Gasteiger partial charge on any atom is 0.341 e. The maximum atomic E-state index is 12.4. The molecule has 0 saturated carbocycles. The number of fused-ring (bicyclic) bond motifs is 1. The van der Waals surface area contributed by atoms with Crippen LogP contribution in [-0.4, -0.2) is 32.1 Å². The highest BCUT2D eigenvalue weighted by Crippen LogP contribution is 2.27. The number of benzene rings is 2. The zero-order valence-corrected chi connectivity index (χ0v) is 12.8. The molecule has 0 fully saturated rings. The van der Waals surface area contributed by atoms with Crippen molar-refractivity contribution in [3.63, 3.8) is 0 Å². The molecule has 118 valence electrons. The van der Waals surface area contributed by atoms with Gasteiger partial charge < -0.3 is 14.4 Å². The smallest absolute Gasteiger partial charge is 0.341 e. The molecular weight excluding hydrogens is 294 g/mol. The van der Waals surface area contributed by atoms with E-state index >= 15 is 0 Å². The molecule has 1 amide bonds. The molecule has 0 saturated heterocycles. The van der Waals surface area contributed by atoms with Gasteiger partial charge in [0.1, 0.15) is 11.3 Å². The molecule has 2 aromatic carbocycles. The first-order chi connectivity index (χ1) is 11.2. The van der Waals surface area contributed by atoms with E-state index in [2.05, 4.69) is 0 Å². The van der Waals surface area contributed by atoms with Crippen LogP contribution in [0, 0.1) is 0 Å². The highest BCUT2D eigenvalue weighted by molar-refractivity contribution is 5.97. The fraction of sp³-hybridized carbons (Fsp3) is 0.222. The summed E-state index contributed by atoms with van der Waals surface area (Å²) in [4.78, 5) is 25.8. The number of hydrogen-bond donors (Lipinski definition) is 0. The SMILES string of the molecule is COC(=O)c1ccccc1OCC(=O)N1CCc2ccccc21. The number of amides is 1. The Bertz CT molecular complexity index is 741. The van der Waals surface area contributed by atoms with Crippen molar-refractivity contribution < 1.29 is 19.1 Å². The predicted molar refractivity (Wildman–Crippen MR) is 85.8 cm³/mol. The van der Waals surface area contributed by atoms with Crippen molar-refractivity contribution in [2.24, 2.45) is 0 Å². The summed E-state index contributed by atoms with van der Waals surface area (Å²) in [7, 11) is 1.31. The first-order valence-electron chi connectivity index (χ1n) is 7.39. The summed E-state index contributed by atoms with van der Waals surface area (Å²) in [6.07, 6.45) is 0.848. The van der Waals surface area contributed by atoms with Crippen molar-refractivity contribution in [2.45, 2.75) is 6.42 Å². The summed E-state index contributed by atoms with van der Waals surface area (Å²) < 4.78 is 10.3. The van der Waals surface area contributed by atoms with Crippen LogP contribution in [0.1, 0.15) is 15.9 Å². The van der Waals surface area contributed by atoms with Gasteiger partial charge in [-0.3, -0.25) is 4.79 Å². The van der Waals surface area contributed by atoms with Gasteiger partial charge in [0, 0.05) is 12.2 Å². The Balaban J connectivity index is 1.70. The minimum atomic E-state index is -0.487. The lowest BCUT2D eigenvalue weighted by Crippen LogP contribution is -2.33. The summed E-state index contributed by atoms with van der Waals surface area (Å²) in [6.45, 7) is 0.530. The molecular formula is C18H17NO4. The van der Waals surface area contributed by atoms with Crippen molar-refractivity contribution in [3.8, 4) is 5.75 Å². The number of para-hydroxylation sites is 2. The van der Waals surface area contributed by atoms with Gasteiger partial charge in [0.05, 0.1) is 7.11 Å². The summed E-state index contributed by atoms with van der Waals surface area (Å²) in [5, 5.41) is 0. The standard InChI is InChI=1S/C18H17NO4/c1-22-18(21)14-7-3-5-9-16(14)23-12-17(20)19-11-10-13-6-2-4-8-15(13)19/h2-9H,10-12H2,1H3. The Kier molecular flexibility index (Phi) is 4.28. The first kappa shape index (κ1) is 15.1. The lowest BCUT2D eigenvalue weighted by molar-refractivity contribution is -0.120. The monoisotopic (exact) mass is 311 g/mol. The van der Waals surface area contributed by atoms with Gasteiger partial charge in [-0.15, -0.1) is 0 Å². The van der Waals surface area contributed by atoms with Crippen LogP contribution in [0.4, 0.5) is 5.69 Å². The minimum absolute atomic E-state index is 0.123. The van der Waals surface area contributed by atoms with Crippen LogP contribution >= 0.6 is 0 Å². The van der Waals surface area contributed by atoms with Gasteiger partial charge in [0.25, 0.3) is 5.91 Å². The van der Waals surface area contributed by atoms with Gasteiger partial charge in [-0.25, -0.2) is 4.79 Å². The van der Waals surface area contributed by atoms with E-state index in [0.29, 0.717) is 17.9 Å². The number of ether oxygens (including phenoxy) is 2. The molecule has 3 rings (SSSR count). The second-order valence-electron chi connectivity index (χ2n) is 5.20. The lowest BCUT2D eigenvalue weighted by Gasteiger charge is -2.18. The van der Waals surface area contributed by atoms with Crippen molar-refractivity contribution >= 4 is 17.6 Å². The number of nitrogens with zero attached hydrogens (tertiary/aromatic N) is 1. The molecule has 5 nitrogen and oxygen atoms in total. The second kappa shape index (κ2) is 6.52. The fourth-order valence-corrected chi connectivity index (χ4v) is 2.69. The van der Waals surface area contributed by atoms with Crippen LogP contribution in [0.25, 0.3) is 0 Å². The van der Waals surface area contributed by atoms with E-state index in [1.165, 1.54) is 7.11 Å². The Morgan fingerprint density at radius 2 is 1.83 bits per heavy atom. The first-order valence-corrected chi connectivity index (χ1v) is 7.39. The second-order valence-corrected chi connectivity index (χ2v) is 5.20. The maximum absolute atomic E-state index is 12.4. The largest absolute Gasteiger partial charge is 0.483 e. The van der Waals surface area contributed by atoms with Crippen LogP contribution in [0.5, 0.6) is 5.75 Å². The van der Waals surface area contributed by atoms with Crippen LogP contribution in [0.3, 0.4) is 0 Å². The third-order valence-corrected chi connectivity index (χ3v) is 3.83. The van der Waals surface area contributed by atoms with E-state index in [0.717, 1.165) is 17.7 Å². The molecule has 23 heavy (non-hydrogen) atoms.